The number of hydrazone groups is 1. The number of nitrogens with two attached hydrogens (primary N) is 1. The molecule has 4 N–H and O–H groups in total. The normalized spacial score (nSPS) is 12.3. The van der Waals surface area contributed by atoms with Crippen molar-refractivity contribution in [1.82, 2.24) is 5.43 Å². The molecule has 5 aromatic rings. The number of aromatic hydroxyl groups is 1. The minimum Gasteiger partial charge on any atom is -0.507 e. The molecule has 0 saturated carbocycles. The van der Waals surface area contributed by atoms with Gasteiger partial charge in [0.05, 0.1) is 16.7 Å². The Morgan fingerprint density at radius 2 is 1.54 bits per heavy atom. The largest absolute Gasteiger partial charge is 0.507 e. The Hall–Kier alpha value is -4.27. The second-order valence-electron chi connectivity index (χ2n) is 8.93. The highest BCUT2D eigenvalue weighted by Crippen LogP contribution is 2.37. The van der Waals surface area contributed by atoms with Crippen molar-refractivity contribution < 1.29 is 9.52 Å². The number of fused-ring (bicyclic) bond motifs is 1. The van der Waals surface area contributed by atoms with Crippen LogP contribution in [0.1, 0.15) is 29.0 Å². The molecule has 8 heteroatoms. The maximum absolute atomic E-state index is 13.3. The van der Waals surface area contributed by atoms with Gasteiger partial charge in [-0.05, 0) is 58.7 Å². The van der Waals surface area contributed by atoms with Crippen LogP contribution in [0.25, 0.3) is 22.1 Å². The fourth-order valence-electron chi connectivity index (χ4n) is 4.57. The number of nitrogens with one attached hydrogen (secondary N) is 1. The van der Waals surface area contributed by atoms with Crippen LogP contribution in [0.2, 0.25) is 0 Å². The van der Waals surface area contributed by atoms with Gasteiger partial charge in [0, 0.05) is 16.8 Å². The number of halogens is 1. The zero-order chi connectivity index (χ0) is 27.4. The molecule has 0 aliphatic carbocycles. The summed E-state index contributed by atoms with van der Waals surface area (Å²) in [5.74, 6) is -0.673. The summed E-state index contributed by atoms with van der Waals surface area (Å²) in [6, 6.07) is 32.4. The van der Waals surface area contributed by atoms with Gasteiger partial charge in [0.2, 0.25) is 0 Å². The summed E-state index contributed by atoms with van der Waals surface area (Å²) in [4.78, 5) is 13.3. The van der Waals surface area contributed by atoms with Crippen molar-refractivity contribution in [3.63, 3.8) is 0 Å². The maximum Gasteiger partial charge on any atom is 0.343 e. The first kappa shape index (κ1) is 26.3. The van der Waals surface area contributed by atoms with Crippen LogP contribution in [-0.2, 0) is 0 Å². The van der Waals surface area contributed by atoms with Gasteiger partial charge >= 0.3 is 5.63 Å². The monoisotopic (exact) mass is 597 g/mol. The van der Waals surface area contributed by atoms with Crippen LogP contribution in [0.4, 0.5) is 0 Å². The zero-order valence-electron chi connectivity index (χ0n) is 20.7. The van der Waals surface area contributed by atoms with E-state index in [1.54, 1.807) is 24.3 Å². The molecule has 0 aliphatic rings. The van der Waals surface area contributed by atoms with Crippen LogP contribution < -0.4 is 16.8 Å². The molecule has 194 valence electrons. The number of benzene rings is 4. The number of para-hydroxylation sites is 1. The Labute approximate surface area is 238 Å². The van der Waals surface area contributed by atoms with E-state index in [1.165, 1.54) is 0 Å². The van der Waals surface area contributed by atoms with E-state index in [2.05, 4.69) is 26.5 Å². The second kappa shape index (κ2) is 11.6. The summed E-state index contributed by atoms with van der Waals surface area (Å²) >= 11 is 8.48. The lowest BCUT2D eigenvalue weighted by Gasteiger charge is -2.20. The van der Waals surface area contributed by atoms with Crippen LogP contribution >= 0.6 is 28.1 Å². The molecular formula is C31H24BrN3O3S. The Morgan fingerprint density at radius 3 is 2.21 bits per heavy atom. The standard InChI is InChI=1S/C31H24BrN3O3S/c32-23-16-14-20(15-17-23)19-10-12-22(13-11-19)26(34-35-31(33)39)18-25(21-6-2-1-3-7-21)28-29(36)24-8-4-5-9-27(24)38-30(28)37/h1-17,25,36H,18H2,(H3,33,35,39)/b34-26+/t25-/m1/s1. The molecule has 0 amide bonds. The molecule has 1 heterocycles. The minimum absolute atomic E-state index is 0.0170. The van der Waals surface area contributed by atoms with Crippen LogP contribution in [0.15, 0.2) is 122 Å². The summed E-state index contributed by atoms with van der Waals surface area (Å²) in [6.45, 7) is 0. The van der Waals surface area contributed by atoms with Gasteiger partial charge in [-0.1, -0.05) is 94.8 Å². The van der Waals surface area contributed by atoms with Crippen molar-refractivity contribution >= 4 is 49.9 Å². The summed E-state index contributed by atoms with van der Waals surface area (Å²) in [7, 11) is 0. The number of hydrogen-bond donors (Lipinski definition) is 3. The molecule has 6 nitrogen and oxygen atoms in total. The quantitative estimate of drug-likeness (QED) is 0.0836. The SMILES string of the molecule is NC(=S)N/N=C(\C[C@H](c1ccccc1)c1c(O)c2ccccc2oc1=O)c1ccc(-c2ccc(Br)cc2)cc1. The van der Waals surface area contributed by atoms with Crippen molar-refractivity contribution in [2.75, 3.05) is 0 Å². The van der Waals surface area contributed by atoms with Gasteiger partial charge in [-0.15, -0.1) is 0 Å². The van der Waals surface area contributed by atoms with Gasteiger partial charge in [0.1, 0.15) is 11.3 Å². The highest BCUT2D eigenvalue weighted by atomic mass is 79.9. The Balaban J connectivity index is 1.60. The molecule has 1 atom stereocenters. The number of hydrogen-bond acceptors (Lipinski definition) is 5. The molecule has 0 radical (unpaired) electrons. The Bertz CT molecular complexity index is 1720. The molecule has 0 spiro atoms. The summed E-state index contributed by atoms with van der Waals surface area (Å²) in [5, 5.41) is 16.3. The van der Waals surface area contributed by atoms with Crippen molar-refractivity contribution in [2.24, 2.45) is 10.8 Å². The van der Waals surface area contributed by atoms with E-state index in [-0.39, 0.29) is 22.8 Å². The molecule has 0 unspecified atom stereocenters. The van der Waals surface area contributed by atoms with E-state index in [4.69, 9.17) is 22.4 Å². The van der Waals surface area contributed by atoms with Gasteiger partial charge in [-0.25, -0.2) is 4.79 Å². The van der Waals surface area contributed by atoms with Gasteiger partial charge < -0.3 is 15.3 Å². The molecule has 39 heavy (non-hydrogen) atoms. The average Bonchev–Trinajstić information content (AvgIpc) is 2.95. The number of nitrogens with zero attached hydrogens (tertiary/aromatic N) is 1. The van der Waals surface area contributed by atoms with Crippen molar-refractivity contribution in [1.29, 1.82) is 0 Å². The minimum atomic E-state index is -0.604. The topological polar surface area (TPSA) is 101 Å². The van der Waals surface area contributed by atoms with Crippen molar-refractivity contribution in [3.05, 3.63) is 135 Å². The molecule has 0 aliphatic heterocycles. The molecule has 0 fully saturated rings. The van der Waals surface area contributed by atoms with Gasteiger partial charge in [-0.2, -0.15) is 5.10 Å². The van der Waals surface area contributed by atoms with Gasteiger partial charge in [0.15, 0.2) is 5.11 Å². The predicted molar refractivity (Wildman–Crippen MR) is 163 cm³/mol. The Kier molecular flexibility index (Phi) is 7.86. The van der Waals surface area contributed by atoms with E-state index in [0.29, 0.717) is 16.7 Å². The molecule has 0 saturated heterocycles. The predicted octanol–water partition coefficient (Wildman–Crippen LogP) is 6.69. The third-order valence-electron chi connectivity index (χ3n) is 6.46. The van der Waals surface area contributed by atoms with E-state index < -0.39 is 11.5 Å². The lowest BCUT2D eigenvalue weighted by Crippen LogP contribution is -2.26. The van der Waals surface area contributed by atoms with Gasteiger partial charge in [-0.3, -0.25) is 5.43 Å². The van der Waals surface area contributed by atoms with Crippen molar-refractivity contribution in [3.8, 4) is 16.9 Å². The van der Waals surface area contributed by atoms with E-state index in [0.717, 1.165) is 26.7 Å². The van der Waals surface area contributed by atoms with Crippen LogP contribution in [0.5, 0.6) is 5.75 Å². The first-order chi connectivity index (χ1) is 18.9. The fourth-order valence-corrected chi connectivity index (χ4v) is 4.88. The second-order valence-corrected chi connectivity index (χ2v) is 10.3. The van der Waals surface area contributed by atoms with Crippen molar-refractivity contribution in [2.45, 2.75) is 12.3 Å². The Morgan fingerprint density at radius 1 is 0.923 bits per heavy atom. The molecule has 1 aromatic heterocycles. The average molecular weight is 599 g/mol. The zero-order valence-corrected chi connectivity index (χ0v) is 23.1. The van der Waals surface area contributed by atoms with E-state index in [1.807, 2.05) is 78.9 Å². The van der Waals surface area contributed by atoms with Gasteiger partial charge in [0.25, 0.3) is 0 Å². The number of rotatable bonds is 7. The first-order valence-electron chi connectivity index (χ1n) is 12.2. The molecule has 0 bridgehead atoms. The lowest BCUT2D eigenvalue weighted by atomic mass is 9.85. The highest BCUT2D eigenvalue weighted by Gasteiger charge is 2.27. The molecule has 5 rings (SSSR count). The van der Waals surface area contributed by atoms with Crippen LogP contribution in [0, 0.1) is 0 Å². The summed E-state index contributed by atoms with van der Waals surface area (Å²) in [5.41, 5.74) is 12.6. The van der Waals surface area contributed by atoms with Crippen LogP contribution in [-0.4, -0.2) is 15.9 Å². The highest BCUT2D eigenvalue weighted by molar-refractivity contribution is 9.10. The van der Waals surface area contributed by atoms with E-state index in [9.17, 15) is 9.90 Å². The first-order valence-corrected chi connectivity index (χ1v) is 13.4. The lowest BCUT2D eigenvalue weighted by molar-refractivity contribution is 0.452. The van der Waals surface area contributed by atoms with E-state index >= 15 is 0 Å². The molecule has 4 aromatic carbocycles. The maximum atomic E-state index is 13.3. The number of thiocarbonyl (C=S) groups is 1. The summed E-state index contributed by atoms with van der Waals surface area (Å²) < 4.78 is 6.63. The third-order valence-corrected chi connectivity index (χ3v) is 7.08. The fraction of sp³-hybridized carbons (Fsp3) is 0.0645. The van der Waals surface area contributed by atoms with Crippen LogP contribution in [0.3, 0.4) is 0 Å². The molecular weight excluding hydrogens is 574 g/mol. The summed E-state index contributed by atoms with van der Waals surface area (Å²) in [6.07, 6.45) is 0.258. The smallest absolute Gasteiger partial charge is 0.343 e. The third kappa shape index (κ3) is 5.92.